The zero-order valence-electron chi connectivity index (χ0n) is 10.9. The number of carbonyl (C=O) groups excluding carboxylic acids is 1. The van der Waals surface area contributed by atoms with E-state index in [1.165, 1.54) is 5.56 Å². The maximum atomic E-state index is 11.6. The van der Waals surface area contributed by atoms with Gasteiger partial charge >= 0.3 is 6.09 Å². The number of amides is 1. The fraction of sp³-hybridized carbons (Fsp3) is 0.500. The lowest BCUT2D eigenvalue weighted by atomic mass is 10.0. The predicted molar refractivity (Wildman–Crippen MR) is 70.3 cm³/mol. The molecule has 0 aromatic heterocycles. The summed E-state index contributed by atoms with van der Waals surface area (Å²) >= 11 is 0. The molecule has 4 nitrogen and oxygen atoms in total. The Morgan fingerprint density at radius 2 is 2.06 bits per heavy atom. The van der Waals surface area contributed by atoms with Gasteiger partial charge in [0.15, 0.2) is 0 Å². The monoisotopic (exact) mass is 248 g/mol. The van der Waals surface area contributed by atoms with E-state index in [0.29, 0.717) is 25.6 Å². The molecule has 2 rings (SSSR count). The molecule has 2 N–H and O–H groups in total. The molecule has 1 aromatic carbocycles. The van der Waals surface area contributed by atoms with Crippen molar-refractivity contribution in [1.82, 2.24) is 4.90 Å². The number of hydrogen-bond donors (Lipinski definition) is 1. The maximum absolute atomic E-state index is 11.6. The van der Waals surface area contributed by atoms with Crippen molar-refractivity contribution in [2.75, 3.05) is 13.1 Å². The summed E-state index contributed by atoms with van der Waals surface area (Å²) < 4.78 is 5.12. The summed E-state index contributed by atoms with van der Waals surface area (Å²) in [5.74, 6) is 0.525. The number of carbonyl (C=O) groups is 1. The fourth-order valence-corrected chi connectivity index (χ4v) is 2.05. The van der Waals surface area contributed by atoms with Gasteiger partial charge in [-0.2, -0.15) is 0 Å². The molecule has 1 saturated heterocycles. The van der Waals surface area contributed by atoms with Crippen molar-refractivity contribution >= 4 is 6.09 Å². The molecule has 1 atom stereocenters. The van der Waals surface area contributed by atoms with Crippen LogP contribution in [0.4, 0.5) is 4.79 Å². The molecule has 1 aliphatic rings. The highest BCUT2D eigenvalue weighted by atomic mass is 16.6. The molecule has 0 bridgehead atoms. The first-order valence-electron chi connectivity index (χ1n) is 6.34. The van der Waals surface area contributed by atoms with Gasteiger partial charge in [-0.15, -0.1) is 0 Å². The van der Waals surface area contributed by atoms with Crippen LogP contribution in [0.2, 0.25) is 0 Å². The van der Waals surface area contributed by atoms with Crippen LogP contribution >= 0.6 is 0 Å². The second-order valence-corrected chi connectivity index (χ2v) is 5.02. The first kappa shape index (κ1) is 12.9. The first-order valence-corrected chi connectivity index (χ1v) is 6.34. The maximum Gasteiger partial charge on any atom is 0.410 e. The van der Waals surface area contributed by atoms with Gasteiger partial charge in [0, 0.05) is 13.1 Å². The van der Waals surface area contributed by atoms with Gasteiger partial charge in [-0.1, -0.05) is 38.1 Å². The van der Waals surface area contributed by atoms with Crippen LogP contribution < -0.4 is 5.73 Å². The van der Waals surface area contributed by atoms with Crippen molar-refractivity contribution in [1.29, 1.82) is 0 Å². The Morgan fingerprint density at radius 3 is 2.56 bits per heavy atom. The normalized spacial score (nSPS) is 19.4. The van der Waals surface area contributed by atoms with Crippen LogP contribution in [0.1, 0.15) is 30.9 Å². The summed E-state index contributed by atoms with van der Waals surface area (Å²) in [6.45, 7) is 5.89. The zero-order valence-corrected chi connectivity index (χ0v) is 10.9. The van der Waals surface area contributed by atoms with Crippen LogP contribution in [-0.2, 0) is 11.3 Å². The van der Waals surface area contributed by atoms with Gasteiger partial charge < -0.3 is 15.4 Å². The average Bonchev–Trinajstić information content (AvgIpc) is 2.71. The topological polar surface area (TPSA) is 55.6 Å². The van der Waals surface area contributed by atoms with Crippen LogP contribution in [0.25, 0.3) is 0 Å². The SMILES string of the molecule is CC(C)c1ccc(CN2CC(CN)OC2=O)cc1. The largest absolute Gasteiger partial charge is 0.443 e. The van der Waals surface area contributed by atoms with Gasteiger partial charge in [-0.05, 0) is 17.0 Å². The van der Waals surface area contributed by atoms with Crippen molar-refractivity contribution in [2.45, 2.75) is 32.4 Å². The molecule has 1 heterocycles. The van der Waals surface area contributed by atoms with E-state index in [1.807, 2.05) is 0 Å². The van der Waals surface area contributed by atoms with E-state index in [9.17, 15) is 4.79 Å². The van der Waals surface area contributed by atoms with E-state index in [4.69, 9.17) is 10.5 Å². The molecule has 1 unspecified atom stereocenters. The van der Waals surface area contributed by atoms with E-state index in [-0.39, 0.29) is 12.2 Å². The lowest BCUT2D eigenvalue weighted by molar-refractivity contribution is 0.134. The highest BCUT2D eigenvalue weighted by Crippen LogP contribution is 2.18. The summed E-state index contributed by atoms with van der Waals surface area (Å²) in [5.41, 5.74) is 7.93. The van der Waals surface area contributed by atoms with Crippen molar-refractivity contribution in [3.8, 4) is 0 Å². The number of nitrogens with zero attached hydrogens (tertiary/aromatic N) is 1. The summed E-state index contributed by atoms with van der Waals surface area (Å²) in [4.78, 5) is 13.3. The molecule has 0 saturated carbocycles. The third kappa shape index (κ3) is 2.82. The Bertz CT molecular complexity index is 414. The summed E-state index contributed by atoms with van der Waals surface area (Å²) in [7, 11) is 0. The molecule has 98 valence electrons. The summed E-state index contributed by atoms with van der Waals surface area (Å²) in [6.07, 6.45) is -0.425. The number of nitrogens with two attached hydrogens (primary N) is 1. The summed E-state index contributed by atoms with van der Waals surface area (Å²) in [6, 6.07) is 8.36. The number of hydrogen-bond acceptors (Lipinski definition) is 3. The third-order valence-corrected chi connectivity index (χ3v) is 3.23. The van der Waals surface area contributed by atoms with Crippen molar-refractivity contribution in [2.24, 2.45) is 5.73 Å². The predicted octanol–water partition coefficient (Wildman–Crippen LogP) is 2.09. The van der Waals surface area contributed by atoms with Gasteiger partial charge in [-0.3, -0.25) is 0 Å². The first-order chi connectivity index (χ1) is 8.60. The van der Waals surface area contributed by atoms with Gasteiger partial charge in [-0.25, -0.2) is 4.79 Å². The molecular formula is C14H20N2O2. The molecule has 1 aliphatic heterocycles. The Labute approximate surface area is 108 Å². The highest BCUT2D eigenvalue weighted by molar-refractivity contribution is 5.69. The van der Waals surface area contributed by atoms with E-state index in [2.05, 4.69) is 38.1 Å². The molecule has 0 aliphatic carbocycles. The molecule has 4 heteroatoms. The molecular weight excluding hydrogens is 228 g/mol. The van der Waals surface area contributed by atoms with Gasteiger partial charge in [0.2, 0.25) is 0 Å². The van der Waals surface area contributed by atoms with Gasteiger partial charge in [0.05, 0.1) is 6.54 Å². The molecule has 1 fully saturated rings. The zero-order chi connectivity index (χ0) is 13.1. The molecule has 0 spiro atoms. The minimum atomic E-state index is -0.265. The molecule has 1 aromatic rings. The van der Waals surface area contributed by atoms with E-state index >= 15 is 0 Å². The number of rotatable bonds is 4. The van der Waals surface area contributed by atoms with Crippen LogP contribution in [0.15, 0.2) is 24.3 Å². The van der Waals surface area contributed by atoms with Crippen molar-refractivity contribution < 1.29 is 9.53 Å². The molecule has 0 radical (unpaired) electrons. The standard InChI is InChI=1S/C14H20N2O2/c1-10(2)12-5-3-11(4-6-12)8-16-9-13(7-15)18-14(16)17/h3-6,10,13H,7-9,15H2,1-2H3. The van der Waals surface area contributed by atoms with Gasteiger partial charge in [0.1, 0.15) is 6.10 Å². The minimum absolute atomic E-state index is 0.160. The van der Waals surface area contributed by atoms with E-state index in [1.54, 1.807) is 4.90 Å². The van der Waals surface area contributed by atoms with Crippen LogP contribution in [0.5, 0.6) is 0 Å². The average molecular weight is 248 g/mol. The number of ether oxygens (including phenoxy) is 1. The van der Waals surface area contributed by atoms with Crippen LogP contribution in [-0.4, -0.2) is 30.2 Å². The van der Waals surface area contributed by atoms with Crippen molar-refractivity contribution in [3.05, 3.63) is 35.4 Å². The van der Waals surface area contributed by atoms with Crippen LogP contribution in [0.3, 0.4) is 0 Å². The lowest BCUT2D eigenvalue weighted by Crippen LogP contribution is -2.27. The Morgan fingerprint density at radius 1 is 1.39 bits per heavy atom. The Hall–Kier alpha value is -1.55. The molecule has 18 heavy (non-hydrogen) atoms. The lowest BCUT2D eigenvalue weighted by Gasteiger charge is -2.13. The highest BCUT2D eigenvalue weighted by Gasteiger charge is 2.29. The second-order valence-electron chi connectivity index (χ2n) is 5.02. The van der Waals surface area contributed by atoms with Crippen LogP contribution in [0, 0.1) is 0 Å². The summed E-state index contributed by atoms with van der Waals surface area (Å²) in [5, 5.41) is 0. The van der Waals surface area contributed by atoms with E-state index in [0.717, 1.165) is 5.56 Å². The molecule has 1 amide bonds. The minimum Gasteiger partial charge on any atom is -0.443 e. The third-order valence-electron chi connectivity index (χ3n) is 3.23. The number of benzene rings is 1. The van der Waals surface area contributed by atoms with Gasteiger partial charge in [0.25, 0.3) is 0 Å². The smallest absolute Gasteiger partial charge is 0.410 e. The Balaban J connectivity index is 1.99. The quantitative estimate of drug-likeness (QED) is 0.887. The van der Waals surface area contributed by atoms with E-state index < -0.39 is 0 Å². The Kier molecular flexibility index (Phi) is 3.87. The number of cyclic esters (lactones) is 1. The second kappa shape index (κ2) is 5.40. The van der Waals surface area contributed by atoms with Crippen molar-refractivity contribution in [3.63, 3.8) is 0 Å². The fourth-order valence-electron chi connectivity index (χ4n) is 2.05.